The molecule has 1 aliphatic rings. The lowest BCUT2D eigenvalue weighted by Gasteiger charge is -2.19. The predicted octanol–water partition coefficient (Wildman–Crippen LogP) is 2.45. The number of rotatable bonds is 7. The van der Waals surface area contributed by atoms with Gasteiger partial charge in [0.25, 0.3) is 0 Å². The molecular formula is C28H33N5O2. The van der Waals surface area contributed by atoms with Crippen LogP contribution >= 0.6 is 0 Å². The minimum atomic E-state index is -0.330. The minimum Gasteiger partial charge on any atom is -0.465 e. The van der Waals surface area contributed by atoms with Crippen LogP contribution in [0.1, 0.15) is 41.0 Å². The second kappa shape index (κ2) is 11.6. The van der Waals surface area contributed by atoms with Crippen LogP contribution in [0.4, 0.5) is 0 Å². The highest BCUT2D eigenvalue weighted by molar-refractivity contribution is 5.89. The Morgan fingerprint density at radius 1 is 1.14 bits per heavy atom. The first-order valence-corrected chi connectivity index (χ1v) is 12.0. The molecule has 0 amide bonds. The molecule has 35 heavy (non-hydrogen) atoms. The van der Waals surface area contributed by atoms with Gasteiger partial charge in [-0.15, -0.1) is 0 Å². The van der Waals surface area contributed by atoms with Gasteiger partial charge in [0.05, 0.1) is 19.2 Å². The van der Waals surface area contributed by atoms with Gasteiger partial charge in [-0.2, -0.15) is 0 Å². The van der Waals surface area contributed by atoms with E-state index in [-0.39, 0.29) is 5.97 Å². The number of hydrogen-bond donors (Lipinski definition) is 1. The molecular weight excluding hydrogens is 438 g/mol. The molecule has 2 aromatic heterocycles. The number of allylic oxidation sites excluding steroid dienone is 1. The number of carbonyl (C=O) groups excluding carboxylic acids is 1. The number of methoxy groups -OCH3 is 1. The van der Waals surface area contributed by atoms with Crippen molar-refractivity contribution in [3.63, 3.8) is 0 Å². The van der Waals surface area contributed by atoms with Crippen molar-refractivity contribution in [2.75, 3.05) is 20.2 Å². The molecule has 1 aliphatic heterocycles. The van der Waals surface area contributed by atoms with Crippen molar-refractivity contribution in [3.05, 3.63) is 94.3 Å². The molecule has 3 aromatic rings. The molecule has 0 spiro atoms. The molecule has 3 heterocycles. The van der Waals surface area contributed by atoms with E-state index in [1.54, 1.807) is 30.7 Å². The molecule has 0 aliphatic carbocycles. The van der Waals surface area contributed by atoms with Crippen molar-refractivity contribution in [3.8, 4) is 0 Å². The molecule has 0 bridgehead atoms. The van der Waals surface area contributed by atoms with Crippen LogP contribution in [0, 0.1) is 5.92 Å². The maximum absolute atomic E-state index is 11.7. The van der Waals surface area contributed by atoms with Crippen LogP contribution in [0.25, 0.3) is 12.7 Å². The Morgan fingerprint density at radius 3 is 2.63 bits per heavy atom. The van der Waals surface area contributed by atoms with Gasteiger partial charge in [0.2, 0.25) is 0 Å². The Labute approximate surface area is 206 Å². The Kier molecular flexibility index (Phi) is 8.11. The zero-order valence-corrected chi connectivity index (χ0v) is 20.3. The van der Waals surface area contributed by atoms with E-state index in [2.05, 4.69) is 38.2 Å². The van der Waals surface area contributed by atoms with Crippen LogP contribution in [-0.4, -0.2) is 45.6 Å². The summed E-state index contributed by atoms with van der Waals surface area (Å²) < 4.78 is 6.89. The number of likely N-dealkylation sites (tertiary alicyclic amines) is 1. The SMILES string of the molecule is C=c1/c(=C\C(=C/N)C2CCCN(Cc3ncccn3)CC2)ccn1Cc1ccc(C(=O)OC)cc1. The van der Waals surface area contributed by atoms with Crippen LogP contribution in [0.15, 0.2) is 66.8 Å². The molecule has 182 valence electrons. The molecule has 4 rings (SSSR count). The minimum absolute atomic E-state index is 0.330. The molecule has 2 N–H and O–H groups in total. The summed E-state index contributed by atoms with van der Waals surface area (Å²) in [5.41, 5.74) is 8.89. The fraction of sp³-hybridized carbons (Fsp3) is 0.321. The van der Waals surface area contributed by atoms with Gasteiger partial charge in [-0.05, 0) is 91.2 Å². The third-order valence-corrected chi connectivity index (χ3v) is 6.63. The van der Waals surface area contributed by atoms with E-state index in [0.717, 1.165) is 66.4 Å². The molecule has 1 atom stereocenters. The lowest BCUT2D eigenvalue weighted by atomic mass is 9.91. The summed E-state index contributed by atoms with van der Waals surface area (Å²) in [6, 6.07) is 11.4. The number of nitrogens with zero attached hydrogens (tertiary/aromatic N) is 4. The Hall–Kier alpha value is -3.71. The number of nitrogens with two attached hydrogens (primary N) is 1. The molecule has 1 fully saturated rings. The lowest BCUT2D eigenvalue weighted by Crippen LogP contribution is -2.28. The van der Waals surface area contributed by atoms with Crippen LogP contribution in [0.2, 0.25) is 0 Å². The zero-order valence-electron chi connectivity index (χ0n) is 20.3. The van der Waals surface area contributed by atoms with Crippen LogP contribution < -0.4 is 16.3 Å². The normalized spacial score (nSPS) is 17.8. The number of carbonyl (C=O) groups is 1. The van der Waals surface area contributed by atoms with Crippen LogP contribution in [0.5, 0.6) is 0 Å². The predicted molar refractivity (Wildman–Crippen MR) is 137 cm³/mol. The van der Waals surface area contributed by atoms with Gasteiger partial charge in [0.1, 0.15) is 5.82 Å². The summed E-state index contributed by atoms with van der Waals surface area (Å²) in [6.45, 7) is 7.81. The highest BCUT2D eigenvalue weighted by Gasteiger charge is 2.20. The summed E-state index contributed by atoms with van der Waals surface area (Å²) in [6.07, 6.45) is 12.8. The molecule has 1 unspecified atom stereocenters. The summed E-state index contributed by atoms with van der Waals surface area (Å²) in [5, 5.41) is 2.02. The third-order valence-electron chi connectivity index (χ3n) is 6.63. The van der Waals surface area contributed by atoms with Gasteiger partial charge in [-0.3, -0.25) is 4.90 Å². The summed E-state index contributed by atoms with van der Waals surface area (Å²) in [7, 11) is 1.39. The van der Waals surface area contributed by atoms with Gasteiger partial charge in [-0.25, -0.2) is 14.8 Å². The van der Waals surface area contributed by atoms with E-state index in [1.165, 1.54) is 7.11 Å². The van der Waals surface area contributed by atoms with Gasteiger partial charge in [0, 0.05) is 30.5 Å². The summed E-state index contributed by atoms with van der Waals surface area (Å²) in [4.78, 5) is 22.8. The highest BCUT2D eigenvalue weighted by atomic mass is 16.5. The number of esters is 1. The number of ether oxygens (including phenoxy) is 1. The average Bonchev–Trinajstić information content (AvgIpc) is 3.07. The van der Waals surface area contributed by atoms with E-state index >= 15 is 0 Å². The first-order chi connectivity index (χ1) is 17.1. The lowest BCUT2D eigenvalue weighted by molar-refractivity contribution is 0.0600. The fourth-order valence-electron chi connectivity index (χ4n) is 4.60. The maximum Gasteiger partial charge on any atom is 0.337 e. The van der Waals surface area contributed by atoms with E-state index < -0.39 is 0 Å². The maximum atomic E-state index is 11.7. The molecule has 7 heteroatoms. The van der Waals surface area contributed by atoms with Gasteiger partial charge in [0.15, 0.2) is 0 Å². The Morgan fingerprint density at radius 2 is 1.91 bits per heavy atom. The van der Waals surface area contributed by atoms with E-state index in [4.69, 9.17) is 10.5 Å². The quantitative estimate of drug-likeness (QED) is 0.533. The van der Waals surface area contributed by atoms with Gasteiger partial charge < -0.3 is 15.0 Å². The molecule has 7 nitrogen and oxygen atoms in total. The van der Waals surface area contributed by atoms with Crippen molar-refractivity contribution >= 4 is 18.6 Å². The first-order valence-electron chi connectivity index (χ1n) is 12.0. The molecule has 0 saturated carbocycles. The highest BCUT2D eigenvalue weighted by Crippen LogP contribution is 2.25. The van der Waals surface area contributed by atoms with Crippen molar-refractivity contribution in [2.24, 2.45) is 11.7 Å². The van der Waals surface area contributed by atoms with E-state index in [9.17, 15) is 4.79 Å². The molecule has 1 saturated heterocycles. The van der Waals surface area contributed by atoms with Crippen LogP contribution in [0.3, 0.4) is 0 Å². The monoisotopic (exact) mass is 471 g/mol. The first kappa shape index (κ1) is 24.4. The topological polar surface area (TPSA) is 86.3 Å². The summed E-state index contributed by atoms with van der Waals surface area (Å²) >= 11 is 0. The smallest absolute Gasteiger partial charge is 0.337 e. The van der Waals surface area contributed by atoms with E-state index in [0.29, 0.717) is 18.0 Å². The number of aromatic nitrogens is 3. The Bertz CT molecular complexity index is 1260. The molecule has 1 aromatic carbocycles. The summed E-state index contributed by atoms with van der Waals surface area (Å²) in [5.74, 6) is 0.953. The van der Waals surface area contributed by atoms with Gasteiger partial charge in [-0.1, -0.05) is 18.7 Å². The molecule has 0 radical (unpaired) electrons. The number of hydrogen-bond acceptors (Lipinski definition) is 6. The van der Waals surface area contributed by atoms with Crippen molar-refractivity contribution in [1.29, 1.82) is 0 Å². The van der Waals surface area contributed by atoms with Gasteiger partial charge >= 0.3 is 5.97 Å². The number of benzene rings is 1. The van der Waals surface area contributed by atoms with Crippen LogP contribution in [-0.2, 0) is 17.8 Å². The second-order valence-electron chi connectivity index (χ2n) is 8.91. The largest absolute Gasteiger partial charge is 0.465 e. The fourth-order valence-corrected chi connectivity index (χ4v) is 4.60. The third kappa shape index (κ3) is 6.25. The average molecular weight is 472 g/mol. The second-order valence-corrected chi connectivity index (χ2v) is 8.91. The standard InChI is InChI=1S/C28H33N5O2/c1-21-25(11-16-33(21)19-22-6-8-24(9-7-22)28(34)35-2)17-26(18-29)23-5-3-14-32(15-10-23)20-27-30-12-4-13-31-27/h4,6-9,11-13,16-18,23H,1,3,5,10,14-15,19-20,29H2,2H3/b25-17-,26-18+. The van der Waals surface area contributed by atoms with E-state index in [1.807, 2.05) is 24.4 Å². The Balaban J connectivity index is 1.43. The van der Waals surface area contributed by atoms with Crippen molar-refractivity contribution in [2.45, 2.75) is 32.4 Å². The van der Waals surface area contributed by atoms with Crippen molar-refractivity contribution < 1.29 is 9.53 Å². The van der Waals surface area contributed by atoms with Crippen molar-refractivity contribution in [1.82, 2.24) is 19.4 Å². The zero-order chi connectivity index (χ0) is 24.6.